The molecule has 0 N–H and O–H groups in total. The lowest BCUT2D eigenvalue weighted by molar-refractivity contribution is 0.576. The minimum atomic E-state index is -2.84. The largest absolute Gasteiger partial charge is 0.0881 e. The molecule has 0 aliphatic heterocycles. The predicted octanol–water partition coefficient (Wildman–Crippen LogP) is 2.10. The number of hydrogen-bond acceptors (Lipinski definition) is 1. The SMILES string of the molecule is [2H]C([2H])([2H])C(C)(N=[N+]=[N-])C([2H])([2H])[2H]. The summed E-state index contributed by atoms with van der Waals surface area (Å²) in [6.45, 7) is -4.79. The Morgan fingerprint density at radius 3 is 2.57 bits per heavy atom. The van der Waals surface area contributed by atoms with Gasteiger partial charge in [-0.15, -0.1) is 0 Å². The molecule has 0 fully saturated rings. The minimum absolute atomic E-state index is 0.896. The number of hydrogen-bond donors (Lipinski definition) is 0. The molecule has 0 unspecified atom stereocenters. The van der Waals surface area contributed by atoms with Gasteiger partial charge in [0.1, 0.15) is 0 Å². The van der Waals surface area contributed by atoms with Crippen LogP contribution in [0.2, 0.25) is 0 Å². The van der Waals surface area contributed by atoms with Crippen molar-refractivity contribution in [3.63, 3.8) is 0 Å². The summed E-state index contributed by atoms with van der Waals surface area (Å²) in [6.07, 6.45) is 0. The maximum absolute atomic E-state index is 8.09. The minimum Gasteiger partial charge on any atom is -0.0881 e. The Balaban J connectivity index is 5.33. The van der Waals surface area contributed by atoms with Gasteiger partial charge in [0.25, 0.3) is 0 Å². The van der Waals surface area contributed by atoms with Crippen LogP contribution in [0, 0.1) is 0 Å². The zero-order valence-electron chi connectivity index (χ0n) is 9.84. The second-order valence-corrected chi connectivity index (χ2v) is 1.26. The quantitative estimate of drug-likeness (QED) is 0.257. The van der Waals surface area contributed by atoms with Crippen molar-refractivity contribution >= 4 is 0 Å². The molecule has 3 heteroatoms. The summed E-state index contributed by atoms with van der Waals surface area (Å²) >= 11 is 0. The van der Waals surface area contributed by atoms with Crippen molar-refractivity contribution in [1.82, 2.24) is 0 Å². The van der Waals surface area contributed by atoms with Crippen LogP contribution in [0.15, 0.2) is 5.11 Å². The normalized spacial score (nSPS) is 26.4. The summed E-state index contributed by atoms with van der Waals surface area (Å²) < 4.78 is 41.7. The van der Waals surface area contributed by atoms with Crippen molar-refractivity contribution in [3.05, 3.63) is 10.4 Å². The highest BCUT2D eigenvalue weighted by molar-refractivity contribution is 4.69. The van der Waals surface area contributed by atoms with Crippen molar-refractivity contribution in [1.29, 1.82) is 0 Å². The summed E-state index contributed by atoms with van der Waals surface area (Å²) in [5, 5.41) is 2.85. The molecule has 3 nitrogen and oxygen atoms in total. The van der Waals surface area contributed by atoms with Crippen LogP contribution in [0.25, 0.3) is 10.4 Å². The van der Waals surface area contributed by atoms with Gasteiger partial charge in [0.15, 0.2) is 0 Å². The molecule has 0 saturated heterocycles. The van der Waals surface area contributed by atoms with E-state index in [0.717, 1.165) is 6.92 Å². The van der Waals surface area contributed by atoms with E-state index in [9.17, 15) is 0 Å². The maximum atomic E-state index is 8.09. The van der Waals surface area contributed by atoms with E-state index in [-0.39, 0.29) is 0 Å². The number of rotatable bonds is 0. The van der Waals surface area contributed by atoms with Crippen molar-refractivity contribution in [2.75, 3.05) is 0 Å². The summed E-state index contributed by atoms with van der Waals surface area (Å²) in [6, 6.07) is 0. The van der Waals surface area contributed by atoms with E-state index in [0.29, 0.717) is 0 Å². The predicted molar refractivity (Wildman–Crippen MR) is 28.9 cm³/mol. The van der Waals surface area contributed by atoms with Gasteiger partial charge in [-0.05, 0) is 5.53 Å². The zero-order valence-corrected chi connectivity index (χ0v) is 3.84. The van der Waals surface area contributed by atoms with Crippen LogP contribution in [0.4, 0.5) is 0 Å². The summed E-state index contributed by atoms with van der Waals surface area (Å²) in [7, 11) is 0. The van der Waals surface area contributed by atoms with Crippen LogP contribution in [-0.4, -0.2) is 5.54 Å². The van der Waals surface area contributed by atoms with Crippen LogP contribution in [0.1, 0.15) is 28.9 Å². The van der Waals surface area contributed by atoms with E-state index < -0.39 is 19.2 Å². The smallest absolute Gasteiger partial charge is 0.0403 e. The van der Waals surface area contributed by atoms with E-state index in [2.05, 4.69) is 10.0 Å². The molecule has 0 rings (SSSR count). The molecule has 0 bridgehead atoms. The molecular formula is C4H9N3. The van der Waals surface area contributed by atoms with Gasteiger partial charge in [0.2, 0.25) is 0 Å². The topological polar surface area (TPSA) is 48.8 Å². The second-order valence-electron chi connectivity index (χ2n) is 1.26. The molecule has 0 aromatic carbocycles. The molecule has 40 valence electrons. The molecule has 7 heavy (non-hydrogen) atoms. The van der Waals surface area contributed by atoms with Gasteiger partial charge in [-0.25, -0.2) is 0 Å². The first-order valence-corrected chi connectivity index (χ1v) is 1.62. The lowest BCUT2D eigenvalue weighted by atomic mass is 10.1. The second kappa shape index (κ2) is 1.85. The number of nitrogens with zero attached hydrogens (tertiary/aromatic N) is 3. The number of azide groups is 1. The summed E-state index contributed by atoms with van der Waals surface area (Å²) in [5.41, 5.74) is 5.72. The Labute approximate surface area is 51.4 Å². The average molecular weight is 105 g/mol. The fraction of sp³-hybridized carbons (Fsp3) is 1.00. The Kier molecular flexibility index (Phi) is 0.367. The van der Waals surface area contributed by atoms with Gasteiger partial charge >= 0.3 is 0 Å². The van der Waals surface area contributed by atoms with Gasteiger partial charge in [0, 0.05) is 18.7 Å². The Bertz CT molecular complexity index is 219. The summed E-state index contributed by atoms with van der Waals surface area (Å²) in [5.74, 6) is 0. The molecule has 0 saturated carbocycles. The maximum Gasteiger partial charge on any atom is 0.0403 e. The first kappa shape index (κ1) is 1.39. The molecule has 0 aliphatic carbocycles. The van der Waals surface area contributed by atoms with Gasteiger partial charge in [-0.1, -0.05) is 25.7 Å². The third-order valence-corrected chi connectivity index (χ3v) is 0.245. The van der Waals surface area contributed by atoms with E-state index in [1.54, 1.807) is 0 Å². The van der Waals surface area contributed by atoms with Crippen LogP contribution in [0.5, 0.6) is 0 Å². The summed E-state index contributed by atoms with van der Waals surface area (Å²) in [4.78, 5) is 2.25. The molecule has 0 radical (unpaired) electrons. The van der Waals surface area contributed by atoms with E-state index in [1.807, 2.05) is 0 Å². The first-order chi connectivity index (χ1) is 5.56. The molecule has 0 aliphatic rings. The molecule has 0 spiro atoms. The van der Waals surface area contributed by atoms with Crippen LogP contribution >= 0.6 is 0 Å². The van der Waals surface area contributed by atoms with E-state index >= 15 is 0 Å². The van der Waals surface area contributed by atoms with Crippen LogP contribution in [-0.2, 0) is 0 Å². The van der Waals surface area contributed by atoms with Crippen molar-refractivity contribution < 1.29 is 8.22 Å². The third-order valence-electron chi connectivity index (χ3n) is 0.245. The van der Waals surface area contributed by atoms with E-state index in [4.69, 9.17) is 13.8 Å². The Hall–Kier alpha value is -0.690. The Morgan fingerprint density at radius 1 is 1.86 bits per heavy atom. The van der Waals surface area contributed by atoms with Crippen molar-refractivity contribution in [3.8, 4) is 0 Å². The van der Waals surface area contributed by atoms with Gasteiger partial charge in [0.05, 0.1) is 0 Å². The Morgan fingerprint density at radius 2 is 2.43 bits per heavy atom. The highest BCUT2D eigenvalue weighted by atomic mass is 15.2. The fourth-order valence-corrected chi connectivity index (χ4v) is 0.0894. The third kappa shape index (κ3) is 5.31. The van der Waals surface area contributed by atoms with Gasteiger partial charge in [-0.3, -0.25) is 0 Å². The monoisotopic (exact) mass is 105 g/mol. The van der Waals surface area contributed by atoms with Gasteiger partial charge < -0.3 is 0 Å². The van der Waals surface area contributed by atoms with Gasteiger partial charge in [-0.2, -0.15) is 0 Å². The molecule has 0 aromatic rings. The zero-order chi connectivity index (χ0) is 10.9. The first-order valence-electron chi connectivity index (χ1n) is 4.62. The van der Waals surface area contributed by atoms with Crippen LogP contribution < -0.4 is 0 Å². The molecule has 0 amide bonds. The van der Waals surface area contributed by atoms with Crippen molar-refractivity contribution in [2.45, 2.75) is 26.2 Å². The molecule has 0 atom stereocenters. The lowest BCUT2D eigenvalue weighted by Crippen LogP contribution is -2.06. The molecule has 0 aromatic heterocycles. The van der Waals surface area contributed by atoms with Crippen molar-refractivity contribution in [2.24, 2.45) is 5.11 Å². The highest BCUT2D eigenvalue weighted by Crippen LogP contribution is 2.04. The van der Waals surface area contributed by atoms with Crippen LogP contribution in [0.3, 0.4) is 0 Å². The highest BCUT2D eigenvalue weighted by Gasteiger charge is 2.03. The standard InChI is InChI=1S/C4H9N3/c1-4(2,3)6-7-5/h1-3H3/i1D3,2D3. The molecular weight excluding hydrogens is 90.1 g/mol. The van der Waals surface area contributed by atoms with E-state index in [1.165, 1.54) is 0 Å². The molecule has 0 heterocycles. The lowest BCUT2D eigenvalue weighted by Gasteiger charge is -2.05. The average Bonchev–Trinajstić information content (AvgIpc) is 1.82. The fourth-order valence-electron chi connectivity index (χ4n) is 0.0894.